The zero-order chi connectivity index (χ0) is 32.2. The van der Waals surface area contributed by atoms with Gasteiger partial charge in [-0.15, -0.1) is 0 Å². The molecule has 3 aromatic carbocycles. The Kier molecular flexibility index (Phi) is 17.6. The lowest BCUT2D eigenvalue weighted by molar-refractivity contribution is -0.126. The van der Waals surface area contributed by atoms with Crippen LogP contribution >= 0.6 is 11.9 Å². The maximum atomic E-state index is 13.1. The molecular formula is C33H44N2O8S. The number of aliphatic hydroxyl groups excluding tert-OH is 2. The minimum absolute atomic E-state index is 0.123. The van der Waals surface area contributed by atoms with Crippen molar-refractivity contribution in [3.8, 4) is 11.5 Å². The Hall–Kier alpha value is -3.61. The number of anilines is 1. The minimum atomic E-state index is -0.883. The molecule has 1 fully saturated rings. The molecule has 0 amide bonds. The molecule has 1 aliphatic rings. The third-order valence-electron chi connectivity index (χ3n) is 6.02. The van der Waals surface area contributed by atoms with Crippen LogP contribution in [0.3, 0.4) is 0 Å². The number of carbonyl (C=O) groups excluding carboxylic acids is 2. The Morgan fingerprint density at radius 1 is 1.07 bits per heavy atom. The highest BCUT2D eigenvalue weighted by molar-refractivity contribution is 7.97. The third kappa shape index (κ3) is 12.6. The molecule has 0 radical (unpaired) electrons. The van der Waals surface area contributed by atoms with E-state index in [0.29, 0.717) is 40.7 Å². The number of aliphatic hydroxyl groups is 2. The molecule has 4 N–H and O–H groups in total. The van der Waals surface area contributed by atoms with Crippen molar-refractivity contribution in [3.63, 3.8) is 0 Å². The second kappa shape index (κ2) is 21.2. The Labute approximate surface area is 264 Å². The Morgan fingerprint density at radius 2 is 1.73 bits per heavy atom. The second-order valence-corrected chi connectivity index (χ2v) is 10.3. The van der Waals surface area contributed by atoms with Crippen molar-refractivity contribution < 1.29 is 38.7 Å². The number of rotatable bonds is 13. The van der Waals surface area contributed by atoms with Crippen LogP contribution in [0.4, 0.5) is 5.69 Å². The lowest BCUT2D eigenvalue weighted by Crippen LogP contribution is -2.47. The number of unbranched alkanes of at least 4 members (excludes halogenated alkanes) is 1. The summed E-state index contributed by atoms with van der Waals surface area (Å²) in [5, 5.41) is 23.5. The number of carbonyl (C=O) groups is 2. The summed E-state index contributed by atoms with van der Waals surface area (Å²) in [7, 11) is 1.31. The van der Waals surface area contributed by atoms with E-state index in [0.717, 1.165) is 18.4 Å². The monoisotopic (exact) mass is 628 g/mol. The molecule has 0 bridgehead atoms. The number of ether oxygens (including phenoxy) is 4. The molecule has 10 nitrogen and oxygen atoms in total. The number of methoxy groups -OCH3 is 1. The quantitative estimate of drug-likeness (QED) is 0.0776. The fourth-order valence-electron chi connectivity index (χ4n) is 3.88. The summed E-state index contributed by atoms with van der Waals surface area (Å²) < 4.78 is 24.5. The van der Waals surface area contributed by atoms with Crippen molar-refractivity contribution in [2.45, 2.75) is 70.0 Å². The first-order chi connectivity index (χ1) is 21.4. The summed E-state index contributed by atoms with van der Waals surface area (Å²) in [6.45, 7) is 7.46. The van der Waals surface area contributed by atoms with Gasteiger partial charge in [0.2, 0.25) is 0 Å². The highest BCUT2D eigenvalue weighted by Crippen LogP contribution is 2.40. The maximum absolute atomic E-state index is 13.1. The molecule has 1 heterocycles. The predicted octanol–water partition coefficient (Wildman–Crippen LogP) is 5.93. The fourth-order valence-corrected chi connectivity index (χ4v) is 4.77. The van der Waals surface area contributed by atoms with Crippen molar-refractivity contribution in [2.24, 2.45) is 0 Å². The molecule has 3 atom stereocenters. The van der Waals surface area contributed by atoms with Gasteiger partial charge >= 0.3 is 5.97 Å². The van der Waals surface area contributed by atoms with E-state index in [-0.39, 0.29) is 19.6 Å². The van der Waals surface area contributed by atoms with Crippen LogP contribution in [0.15, 0.2) is 77.7 Å². The normalized spacial score (nSPS) is 17.1. The number of benzene rings is 3. The molecule has 11 heteroatoms. The number of esters is 1. The first-order valence-corrected chi connectivity index (χ1v) is 15.5. The van der Waals surface area contributed by atoms with Gasteiger partial charge in [-0.3, -0.25) is 4.79 Å². The van der Waals surface area contributed by atoms with Gasteiger partial charge in [0, 0.05) is 13.0 Å². The fraction of sp³-hybridized carbons (Fsp3) is 0.394. The van der Waals surface area contributed by atoms with E-state index in [1.807, 2.05) is 74.5 Å². The number of para-hydroxylation sites is 1. The van der Waals surface area contributed by atoms with Crippen LogP contribution in [0.5, 0.6) is 11.5 Å². The zero-order valence-corrected chi connectivity index (χ0v) is 26.5. The van der Waals surface area contributed by atoms with Crippen molar-refractivity contribution in [2.75, 3.05) is 25.6 Å². The van der Waals surface area contributed by atoms with Gasteiger partial charge in [0.15, 0.2) is 5.75 Å². The third-order valence-corrected chi connectivity index (χ3v) is 6.90. The SMILES string of the molecule is CC.CCCCNc1cc(C(=O)OCc2ccccc2)cc(SNC2OCC(O)CC2O)c1Oc1ccccc1.COC=O. The first kappa shape index (κ1) is 36.6. The number of nitrogens with one attached hydrogen (secondary N) is 2. The van der Waals surface area contributed by atoms with Crippen LogP contribution < -0.4 is 14.8 Å². The predicted molar refractivity (Wildman–Crippen MR) is 172 cm³/mol. The molecular weight excluding hydrogens is 584 g/mol. The van der Waals surface area contributed by atoms with Crippen molar-refractivity contribution in [1.82, 2.24) is 4.72 Å². The molecule has 1 saturated heterocycles. The van der Waals surface area contributed by atoms with E-state index in [9.17, 15) is 15.0 Å². The molecule has 0 spiro atoms. The van der Waals surface area contributed by atoms with Gasteiger partial charge in [-0.2, -0.15) is 0 Å². The Bertz CT molecular complexity index is 1230. The van der Waals surface area contributed by atoms with Gasteiger partial charge in [-0.1, -0.05) is 75.7 Å². The van der Waals surface area contributed by atoms with Crippen molar-refractivity contribution in [3.05, 3.63) is 83.9 Å². The summed E-state index contributed by atoms with van der Waals surface area (Å²) in [5.74, 6) is 0.719. The maximum Gasteiger partial charge on any atom is 0.338 e. The molecule has 240 valence electrons. The van der Waals surface area contributed by atoms with Crippen LogP contribution in [0.1, 0.15) is 56.0 Å². The van der Waals surface area contributed by atoms with Gasteiger partial charge < -0.3 is 34.5 Å². The van der Waals surface area contributed by atoms with E-state index in [1.165, 1.54) is 19.1 Å². The lowest BCUT2D eigenvalue weighted by Gasteiger charge is -2.31. The van der Waals surface area contributed by atoms with Gasteiger partial charge in [0.25, 0.3) is 6.47 Å². The van der Waals surface area contributed by atoms with E-state index >= 15 is 0 Å². The van der Waals surface area contributed by atoms with Crippen molar-refractivity contribution in [1.29, 1.82) is 0 Å². The van der Waals surface area contributed by atoms with Crippen LogP contribution in [0.25, 0.3) is 0 Å². The van der Waals surface area contributed by atoms with Gasteiger partial charge in [0.1, 0.15) is 18.6 Å². The smallest absolute Gasteiger partial charge is 0.338 e. The van der Waals surface area contributed by atoms with Gasteiger partial charge in [0.05, 0.1) is 42.1 Å². The van der Waals surface area contributed by atoms with E-state index in [1.54, 1.807) is 12.1 Å². The molecule has 4 rings (SSSR count). The van der Waals surface area contributed by atoms with Crippen LogP contribution in [0.2, 0.25) is 0 Å². The van der Waals surface area contributed by atoms with Gasteiger partial charge in [-0.05, 0) is 48.2 Å². The summed E-state index contributed by atoms with van der Waals surface area (Å²) in [6.07, 6.45) is -0.127. The molecule has 44 heavy (non-hydrogen) atoms. The highest BCUT2D eigenvalue weighted by atomic mass is 32.2. The van der Waals surface area contributed by atoms with Crippen LogP contribution in [0, 0.1) is 0 Å². The van der Waals surface area contributed by atoms with Gasteiger partial charge in [-0.25, -0.2) is 9.52 Å². The largest absolute Gasteiger partial charge is 0.471 e. The zero-order valence-electron chi connectivity index (χ0n) is 25.7. The van der Waals surface area contributed by atoms with Crippen molar-refractivity contribution >= 4 is 30.1 Å². The van der Waals surface area contributed by atoms with E-state index in [4.69, 9.17) is 19.0 Å². The summed E-state index contributed by atoms with van der Waals surface area (Å²) in [4.78, 5) is 22.7. The standard InChI is InChI=1S/C29H34N2O6S.C2H4O2.C2H6/c1-2-3-14-30-24-15-21(29(34)36-18-20-10-6-4-7-11-20)16-26(27(24)37-23-12-8-5-9-13-23)38-31-28-25(33)17-22(32)19-35-28;1-4-2-3;1-2/h4-13,15-16,22,25,28,30-33H,2-3,14,17-19H2,1H3;2H,1H3;1-2H3. The molecule has 3 unspecified atom stereocenters. The summed E-state index contributed by atoms with van der Waals surface area (Å²) in [6, 6.07) is 22.4. The average Bonchev–Trinajstić information content (AvgIpc) is 3.06. The molecule has 0 saturated carbocycles. The molecule has 0 aliphatic carbocycles. The topological polar surface area (TPSA) is 136 Å². The van der Waals surface area contributed by atoms with E-state index in [2.05, 4.69) is 21.7 Å². The highest BCUT2D eigenvalue weighted by Gasteiger charge is 2.29. The summed E-state index contributed by atoms with van der Waals surface area (Å²) >= 11 is 1.19. The van der Waals surface area contributed by atoms with Crippen LogP contribution in [-0.4, -0.2) is 61.4 Å². The number of hydrogen-bond donors (Lipinski definition) is 4. The summed E-state index contributed by atoms with van der Waals surface area (Å²) in [5.41, 5.74) is 1.92. The number of hydrogen-bond acceptors (Lipinski definition) is 11. The molecule has 0 aromatic heterocycles. The first-order valence-electron chi connectivity index (χ1n) is 14.7. The Balaban J connectivity index is 0.00000104. The molecule has 3 aromatic rings. The molecule has 1 aliphatic heterocycles. The average molecular weight is 629 g/mol. The van der Waals surface area contributed by atoms with Crippen LogP contribution in [-0.2, 0) is 25.6 Å². The minimum Gasteiger partial charge on any atom is -0.471 e. The second-order valence-electron chi connectivity index (χ2n) is 9.37. The lowest BCUT2D eigenvalue weighted by atomic mass is 10.1. The Morgan fingerprint density at radius 3 is 2.34 bits per heavy atom. The van der Waals surface area contributed by atoms with E-state index < -0.39 is 24.4 Å².